The van der Waals surface area contributed by atoms with Gasteiger partial charge in [0.25, 0.3) is 0 Å². The standard InChI is InChI=1S/C11H16N3O4/c1-13-2-3-14(7-13)6-10(15)18-8-4-9(11(16)17)12-5-8/h2-3,7-9,12H,4-6H2,1H3,(H,16,17)/p+1/t8-,9-/m0/s1. The van der Waals surface area contributed by atoms with Crippen molar-refractivity contribution in [1.82, 2.24) is 9.80 Å². The molecular weight excluding hydrogens is 238 g/mol. The summed E-state index contributed by atoms with van der Waals surface area (Å²) in [5, 5.41) is 10.5. The van der Waals surface area contributed by atoms with Crippen LogP contribution in [0.4, 0.5) is 0 Å². The van der Waals surface area contributed by atoms with Crippen LogP contribution in [-0.2, 0) is 14.3 Å². The van der Waals surface area contributed by atoms with Crippen molar-refractivity contribution in [1.29, 1.82) is 0 Å². The van der Waals surface area contributed by atoms with Gasteiger partial charge in [0.05, 0.1) is 6.42 Å². The van der Waals surface area contributed by atoms with Gasteiger partial charge in [-0.05, 0) is 0 Å². The lowest BCUT2D eigenvalue weighted by molar-refractivity contribution is -0.661. The second kappa shape index (κ2) is 5.26. The van der Waals surface area contributed by atoms with E-state index in [0.29, 0.717) is 13.0 Å². The Bertz CT molecular complexity index is 371. The van der Waals surface area contributed by atoms with Crippen molar-refractivity contribution in [3.05, 3.63) is 19.1 Å². The first-order valence-electron chi connectivity index (χ1n) is 5.81. The maximum atomic E-state index is 11.6. The lowest BCUT2D eigenvalue weighted by Crippen LogP contribution is -2.89. The molecular formula is C11H17N3O4+. The van der Waals surface area contributed by atoms with E-state index in [1.54, 1.807) is 23.1 Å². The lowest BCUT2D eigenvalue weighted by Gasteiger charge is -2.17. The smallest absolute Gasteiger partial charge is 0.362 e. The number of hydrogen-bond acceptors (Lipinski definition) is 5. The molecule has 2 atom stereocenters. The highest BCUT2D eigenvalue weighted by atomic mass is 16.5. The van der Waals surface area contributed by atoms with Gasteiger partial charge in [-0.3, -0.25) is 4.79 Å². The Morgan fingerprint density at radius 3 is 2.83 bits per heavy atom. The Morgan fingerprint density at radius 2 is 2.28 bits per heavy atom. The van der Waals surface area contributed by atoms with Gasteiger partial charge in [-0.2, -0.15) is 0 Å². The molecule has 2 heterocycles. The second-order valence-electron chi connectivity index (χ2n) is 4.52. The zero-order valence-electron chi connectivity index (χ0n) is 10.2. The first-order chi connectivity index (χ1) is 8.54. The number of carbonyl (C=O) groups excluding carboxylic acids is 1. The predicted molar refractivity (Wildman–Crippen MR) is 60.6 cm³/mol. The Kier molecular flexibility index (Phi) is 3.71. The summed E-state index contributed by atoms with van der Waals surface area (Å²) in [6.07, 6.45) is 3.68. The number of rotatable bonds is 4. The maximum Gasteiger partial charge on any atom is 0.362 e. The van der Waals surface area contributed by atoms with Crippen molar-refractivity contribution in [2.45, 2.75) is 18.6 Å². The Morgan fingerprint density at radius 1 is 1.50 bits per heavy atom. The van der Waals surface area contributed by atoms with Crippen molar-refractivity contribution in [3.8, 4) is 0 Å². The first kappa shape index (κ1) is 12.7. The molecule has 3 N–H and O–H groups in total. The summed E-state index contributed by atoms with van der Waals surface area (Å²) in [5.74, 6) is -1.19. The molecule has 2 rings (SSSR count). The van der Waals surface area contributed by atoms with Crippen molar-refractivity contribution in [3.63, 3.8) is 0 Å². The van der Waals surface area contributed by atoms with Crippen LogP contribution in [0, 0.1) is 6.67 Å². The molecule has 0 aromatic heterocycles. The average Bonchev–Trinajstić information content (AvgIpc) is 2.88. The van der Waals surface area contributed by atoms with Gasteiger partial charge in [0.15, 0.2) is 12.1 Å². The van der Waals surface area contributed by atoms with Gasteiger partial charge >= 0.3 is 11.9 Å². The minimum Gasteiger partial charge on any atom is -0.477 e. The van der Waals surface area contributed by atoms with Crippen molar-refractivity contribution < 1.29 is 24.7 Å². The number of carboxylic acid groups (broad SMARTS) is 1. The Labute approximate surface area is 105 Å². The molecule has 0 spiro atoms. The molecule has 1 saturated heterocycles. The average molecular weight is 255 g/mol. The number of hydrogen-bond donors (Lipinski definition) is 2. The molecule has 7 heteroatoms. The van der Waals surface area contributed by atoms with Crippen LogP contribution in [-0.4, -0.2) is 59.1 Å². The van der Waals surface area contributed by atoms with Crippen LogP contribution in [0.25, 0.3) is 0 Å². The maximum absolute atomic E-state index is 11.6. The van der Waals surface area contributed by atoms with E-state index in [-0.39, 0.29) is 18.6 Å². The summed E-state index contributed by atoms with van der Waals surface area (Å²) in [5.41, 5.74) is 0. The topological polar surface area (TPSA) is 86.7 Å². The molecule has 18 heavy (non-hydrogen) atoms. The molecule has 99 valence electrons. The van der Waals surface area contributed by atoms with Gasteiger partial charge in [-0.15, -0.1) is 0 Å². The third kappa shape index (κ3) is 3.13. The van der Waals surface area contributed by atoms with Crippen LogP contribution < -0.4 is 5.32 Å². The van der Waals surface area contributed by atoms with Crippen LogP contribution >= 0.6 is 0 Å². The van der Waals surface area contributed by atoms with Crippen molar-refractivity contribution >= 4 is 11.9 Å². The summed E-state index contributed by atoms with van der Waals surface area (Å²) in [4.78, 5) is 25.9. The molecule has 7 nitrogen and oxygen atoms in total. The third-order valence-electron chi connectivity index (χ3n) is 2.95. The van der Waals surface area contributed by atoms with Crippen LogP contribution in [0.5, 0.6) is 0 Å². The van der Waals surface area contributed by atoms with Crippen molar-refractivity contribution in [2.75, 3.05) is 20.1 Å². The summed E-state index contributed by atoms with van der Waals surface area (Å²) < 4.78 is 5.24. The summed E-state index contributed by atoms with van der Waals surface area (Å²) in [6, 6.07) is -0.493. The fourth-order valence-electron chi connectivity index (χ4n) is 2.06. The number of esters is 1. The fraction of sp³-hybridized carbons (Fsp3) is 0.545. The molecule has 0 aliphatic carbocycles. The van der Waals surface area contributed by atoms with Crippen LogP contribution in [0.3, 0.4) is 0 Å². The highest BCUT2D eigenvalue weighted by Gasteiger charge is 2.35. The number of carbonyl (C=O) groups is 2. The largest absolute Gasteiger partial charge is 0.477 e. The number of nitrogens with zero attached hydrogens (tertiary/aromatic N) is 2. The predicted octanol–water partition coefficient (Wildman–Crippen LogP) is -1.84. The molecule has 0 unspecified atom stereocenters. The summed E-state index contributed by atoms with van der Waals surface area (Å²) >= 11 is 0. The molecule has 2 aliphatic rings. The molecule has 2 aliphatic heterocycles. The highest BCUT2D eigenvalue weighted by Crippen LogP contribution is 2.10. The quantitative estimate of drug-likeness (QED) is 0.574. The van der Waals surface area contributed by atoms with E-state index in [1.165, 1.54) is 0 Å². The van der Waals surface area contributed by atoms with E-state index < -0.39 is 12.0 Å². The monoisotopic (exact) mass is 255 g/mol. The number of aliphatic carboxylic acids is 1. The number of quaternary nitrogens is 1. The molecule has 0 bridgehead atoms. The molecule has 1 fully saturated rings. The Balaban J connectivity index is 1.72. The van der Waals surface area contributed by atoms with Gasteiger partial charge in [0, 0.05) is 19.4 Å². The minimum absolute atomic E-state index is 0.148. The van der Waals surface area contributed by atoms with E-state index in [1.807, 2.05) is 18.1 Å². The Hall–Kier alpha value is -1.76. The van der Waals surface area contributed by atoms with Gasteiger partial charge < -0.3 is 25.0 Å². The minimum atomic E-state index is -0.856. The van der Waals surface area contributed by atoms with E-state index >= 15 is 0 Å². The molecule has 0 aromatic carbocycles. The van der Waals surface area contributed by atoms with E-state index in [0.717, 1.165) is 0 Å². The van der Waals surface area contributed by atoms with Gasteiger partial charge in [-0.25, -0.2) is 4.79 Å². The normalized spacial score (nSPS) is 26.7. The van der Waals surface area contributed by atoms with Crippen LogP contribution in [0.1, 0.15) is 6.42 Å². The molecule has 0 saturated carbocycles. The van der Waals surface area contributed by atoms with Crippen molar-refractivity contribution in [2.24, 2.45) is 0 Å². The fourth-order valence-corrected chi connectivity index (χ4v) is 2.06. The third-order valence-corrected chi connectivity index (χ3v) is 2.95. The summed E-state index contributed by atoms with van der Waals surface area (Å²) in [7, 11) is 1.87. The lowest BCUT2D eigenvalue weighted by atomic mass is 10.2. The second-order valence-corrected chi connectivity index (χ2v) is 4.52. The van der Waals surface area contributed by atoms with E-state index in [2.05, 4.69) is 0 Å². The van der Waals surface area contributed by atoms with Crippen LogP contribution in [0.15, 0.2) is 12.4 Å². The van der Waals surface area contributed by atoms with Crippen LogP contribution in [0.2, 0.25) is 0 Å². The van der Waals surface area contributed by atoms with Gasteiger partial charge in [0.2, 0.25) is 0 Å². The number of carboxylic acids is 1. The summed E-state index contributed by atoms with van der Waals surface area (Å²) in [6.45, 7) is 2.44. The molecule has 0 aromatic rings. The van der Waals surface area contributed by atoms with E-state index in [4.69, 9.17) is 9.84 Å². The zero-order valence-corrected chi connectivity index (χ0v) is 10.2. The highest BCUT2D eigenvalue weighted by molar-refractivity contribution is 5.73. The van der Waals surface area contributed by atoms with E-state index in [9.17, 15) is 9.59 Å². The SMILES string of the molecule is CN1[CH]N(CC(=O)O[C@@H]2C[NH2+][C@H](C(=O)O)C2)C=C1. The van der Waals surface area contributed by atoms with Gasteiger partial charge in [-0.1, -0.05) is 0 Å². The molecule has 0 amide bonds. The van der Waals surface area contributed by atoms with Gasteiger partial charge in [0.1, 0.15) is 19.8 Å². The zero-order chi connectivity index (χ0) is 13.1. The first-order valence-corrected chi connectivity index (χ1v) is 5.81. The number of ether oxygens (including phenoxy) is 1. The number of nitrogens with two attached hydrogens (primary N) is 1. The molecule has 1 radical (unpaired) electrons.